The van der Waals surface area contributed by atoms with Gasteiger partial charge in [-0.1, -0.05) is 0 Å². The molecule has 1 aromatic carbocycles. The molecule has 3 amide bonds. The summed E-state index contributed by atoms with van der Waals surface area (Å²) in [7, 11) is 3.59. The molecule has 0 spiro atoms. The quantitative estimate of drug-likeness (QED) is 0.330. The first-order chi connectivity index (χ1) is 16.5. The number of dihydropyridines is 1. The van der Waals surface area contributed by atoms with Gasteiger partial charge in [0.2, 0.25) is 0 Å². The van der Waals surface area contributed by atoms with Crippen molar-refractivity contribution in [3.63, 3.8) is 0 Å². The minimum absolute atomic E-state index is 0.133. The fourth-order valence-corrected chi connectivity index (χ4v) is 3.85. The summed E-state index contributed by atoms with van der Waals surface area (Å²) in [5, 5.41) is 5.31. The molecule has 2 aliphatic heterocycles. The van der Waals surface area contributed by atoms with Crippen LogP contribution in [0.15, 0.2) is 40.7 Å². The summed E-state index contributed by atoms with van der Waals surface area (Å²) < 4.78 is 14.6. The number of hydrogen-bond donors (Lipinski definition) is 2. The Bertz CT molecular complexity index is 1190. The summed E-state index contributed by atoms with van der Waals surface area (Å²) in [5.41, 5.74) is 0.785. The Kier molecular flexibility index (Phi) is 7.04. The number of benzene rings is 1. The monoisotopic (exact) mass is 485 g/mol. The first-order valence-electron chi connectivity index (χ1n) is 10.3. The van der Waals surface area contributed by atoms with Crippen LogP contribution in [0.25, 0.3) is 0 Å². The van der Waals surface area contributed by atoms with Crippen LogP contribution >= 0.6 is 0 Å². The molecule has 2 N–H and O–H groups in total. The molecule has 12 heteroatoms. The van der Waals surface area contributed by atoms with Crippen molar-refractivity contribution in [2.24, 2.45) is 5.92 Å². The molecule has 35 heavy (non-hydrogen) atoms. The molecule has 0 saturated heterocycles. The molecule has 2 aliphatic rings. The highest BCUT2D eigenvalue weighted by molar-refractivity contribution is 6.21. The second kappa shape index (κ2) is 9.79. The fraction of sp³-hybridized carbons (Fsp3) is 0.304. The van der Waals surface area contributed by atoms with Gasteiger partial charge in [-0.25, -0.2) is 9.59 Å². The van der Waals surface area contributed by atoms with E-state index in [9.17, 15) is 28.8 Å². The number of ether oxygens (including phenoxy) is 3. The van der Waals surface area contributed by atoms with Crippen LogP contribution in [0.3, 0.4) is 0 Å². The summed E-state index contributed by atoms with van der Waals surface area (Å²) in [6.07, 6.45) is 0. The van der Waals surface area contributed by atoms with Crippen LogP contribution in [0, 0.1) is 5.92 Å². The van der Waals surface area contributed by atoms with Crippen LogP contribution < -0.4 is 10.6 Å². The Labute approximate surface area is 199 Å². The van der Waals surface area contributed by atoms with E-state index in [1.807, 2.05) is 0 Å². The zero-order valence-corrected chi connectivity index (χ0v) is 19.6. The second-order valence-corrected chi connectivity index (χ2v) is 7.70. The molecular weight excluding hydrogens is 462 g/mol. The van der Waals surface area contributed by atoms with Crippen LogP contribution in [0.1, 0.15) is 34.6 Å². The average molecular weight is 485 g/mol. The highest BCUT2D eigenvalue weighted by atomic mass is 16.5. The third-order valence-corrected chi connectivity index (χ3v) is 5.53. The lowest BCUT2D eigenvalue weighted by atomic mass is 9.85. The molecule has 0 unspecified atom stereocenters. The van der Waals surface area contributed by atoms with Gasteiger partial charge in [-0.3, -0.25) is 24.1 Å². The lowest BCUT2D eigenvalue weighted by molar-refractivity contribution is -0.152. The van der Waals surface area contributed by atoms with Crippen LogP contribution in [0.5, 0.6) is 0 Å². The minimum atomic E-state index is -1.48. The zero-order chi connectivity index (χ0) is 26.0. The number of rotatable bonds is 6. The zero-order valence-electron chi connectivity index (χ0n) is 19.6. The first kappa shape index (κ1) is 25.1. The molecule has 3 rings (SSSR count). The predicted molar refractivity (Wildman–Crippen MR) is 119 cm³/mol. The minimum Gasteiger partial charge on any atom is -0.466 e. The third-order valence-electron chi connectivity index (χ3n) is 5.53. The Hall–Kier alpha value is -4.48. The Morgan fingerprint density at radius 3 is 2.03 bits per heavy atom. The van der Waals surface area contributed by atoms with E-state index in [-0.39, 0.29) is 39.4 Å². The summed E-state index contributed by atoms with van der Waals surface area (Å²) in [5.74, 6) is -5.96. The molecule has 12 nitrogen and oxygen atoms in total. The molecular formula is C23H23N3O9. The van der Waals surface area contributed by atoms with Crippen molar-refractivity contribution in [2.75, 3.05) is 33.2 Å². The molecule has 0 bridgehead atoms. The van der Waals surface area contributed by atoms with Gasteiger partial charge in [-0.05, 0) is 32.0 Å². The smallest absolute Gasteiger partial charge is 0.336 e. The summed E-state index contributed by atoms with van der Waals surface area (Å²) in [4.78, 5) is 75.2. The highest BCUT2D eigenvalue weighted by Crippen LogP contribution is 2.32. The summed E-state index contributed by atoms with van der Waals surface area (Å²) in [6, 6.07) is 4.18. The Balaban J connectivity index is 1.77. The third kappa shape index (κ3) is 4.63. The SMILES string of the molecule is COC(=O)C1=C(C)NC(C)=C(C(=O)OC)C1C(=O)OCC(=O)Nc1ccc2c(c1)C(=O)N(C)C2=O. The number of carbonyl (C=O) groups is 6. The van der Waals surface area contributed by atoms with Crippen LogP contribution in [-0.4, -0.2) is 68.4 Å². The highest BCUT2D eigenvalue weighted by Gasteiger charge is 2.42. The number of nitrogens with one attached hydrogen (secondary N) is 2. The van der Waals surface area contributed by atoms with E-state index in [0.717, 1.165) is 19.1 Å². The van der Waals surface area contributed by atoms with Gasteiger partial charge in [0.15, 0.2) is 6.61 Å². The molecule has 0 radical (unpaired) electrons. The maximum atomic E-state index is 13.0. The van der Waals surface area contributed by atoms with Crippen molar-refractivity contribution in [3.8, 4) is 0 Å². The number of hydrogen-bond acceptors (Lipinski definition) is 10. The normalized spacial score (nSPS) is 15.5. The van der Waals surface area contributed by atoms with E-state index in [1.54, 1.807) is 0 Å². The Morgan fingerprint density at radius 1 is 0.943 bits per heavy atom. The maximum absolute atomic E-state index is 13.0. The molecule has 0 fully saturated rings. The predicted octanol–water partition coefficient (Wildman–Crippen LogP) is 0.508. The van der Waals surface area contributed by atoms with Crippen molar-refractivity contribution in [2.45, 2.75) is 13.8 Å². The van der Waals surface area contributed by atoms with Gasteiger partial charge in [-0.2, -0.15) is 0 Å². The number of fused-ring (bicyclic) bond motifs is 1. The molecule has 0 aliphatic carbocycles. The van der Waals surface area contributed by atoms with Gasteiger partial charge < -0.3 is 24.8 Å². The lowest BCUT2D eigenvalue weighted by Gasteiger charge is -2.28. The number of allylic oxidation sites excluding steroid dienone is 2. The molecule has 2 heterocycles. The molecule has 0 saturated carbocycles. The van der Waals surface area contributed by atoms with Crippen LogP contribution in [-0.2, 0) is 33.4 Å². The number of amides is 3. The van der Waals surface area contributed by atoms with Gasteiger partial charge in [0.1, 0.15) is 5.92 Å². The van der Waals surface area contributed by atoms with Gasteiger partial charge in [-0.15, -0.1) is 0 Å². The number of nitrogens with zero attached hydrogens (tertiary/aromatic N) is 1. The number of anilines is 1. The first-order valence-corrected chi connectivity index (χ1v) is 10.3. The summed E-state index contributed by atoms with van der Waals surface area (Å²) >= 11 is 0. The van der Waals surface area contributed by atoms with E-state index in [4.69, 9.17) is 14.2 Å². The van der Waals surface area contributed by atoms with E-state index in [2.05, 4.69) is 10.6 Å². The van der Waals surface area contributed by atoms with Crippen molar-refractivity contribution in [1.82, 2.24) is 10.2 Å². The van der Waals surface area contributed by atoms with E-state index < -0.39 is 48.2 Å². The van der Waals surface area contributed by atoms with E-state index in [0.29, 0.717) is 0 Å². The number of esters is 3. The van der Waals surface area contributed by atoms with Gasteiger partial charge in [0.25, 0.3) is 17.7 Å². The van der Waals surface area contributed by atoms with Gasteiger partial charge >= 0.3 is 17.9 Å². The van der Waals surface area contributed by atoms with E-state index >= 15 is 0 Å². The molecule has 0 atom stereocenters. The average Bonchev–Trinajstić information content (AvgIpc) is 3.04. The van der Waals surface area contributed by atoms with Crippen molar-refractivity contribution in [3.05, 3.63) is 51.9 Å². The van der Waals surface area contributed by atoms with E-state index in [1.165, 1.54) is 39.1 Å². The second-order valence-electron chi connectivity index (χ2n) is 7.70. The number of imide groups is 1. The fourth-order valence-electron chi connectivity index (χ4n) is 3.85. The van der Waals surface area contributed by atoms with Crippen LogP contribution in [0.2, 0.25) is 0 Å². The number of methoxy groups -OCH3 is 2. The molecule has 0 aromatic heterocycles. The largest absolute Gasteiger partial charge is 0.466 e. The van der Waals surface area contributed by atoms with Crippen molar-refractivity contribution < 1.29 is 43.0 Å². The summed E-state index contributed by atoms with van der Waals surface area (Å²) in [6.45, 7) is 2.29. The molecule has 1 aromatic rings. The lowest BCUT2D eigenvalue weighted by Crippen LogP contribution is -2.38. The Morgan fingerprint density at radius 2 is 1.49 bits per heavy atom. The van der Waals surface area contributed by atoms with Crippen LogP contribution in [0.4, 0.5) is 5.69 Å². The maximum Gasteiger partial charge on any atom is 0.336 e. The van der Waals surface area contributed by atoms with Crippen molar-refractivity contribution >= 4 is 41.3 Å². The standard InChI is InChI=1S/C23H23N3O9/c1-10-16(21(30)33-4)18(17(11(2)24-10)22(31)34-5)23(32)35-9-15(27)25-12-6-7-13-14(8-12)20(29)26(3)19(13)28/h6-8,18,24H,9H2,1-5H3,(H,25,27). The number of carbonyl (C=O) groups excluding carboxylic acids is 6. The molecule has 184 valence electrons. The topological polar surface area (TPSA) is 157 Å². The van der Waals surface area contributed by atoms with Gasteiger partial charge in [0.05, 0.1) is 36.5 Å². The van der Waals surface area contributed by atoms with Gasteiger partial charge in [0, 0.05) is 24.1 Å². The van der Waals surface area contributed by atoms with Crippen molar-refractivity contribution in [1.29, 1.82) is 0 Å².